The third-order valence-electron chi connectivity index (χ3n) is 4.38. The molecule has 7 heteroatoms. The van der Waals surface area contributed by atoms with Crippen LogP contribution in [0.15, 0.2) is 29.3 Å². The fourth-order valence-electron chi connectivity index (χ4n) is 2.90. The van der Waals surface area contributed by atoms with Gasteiger partial charge in [-0.05, 0) is 30.0 Å². The zero-order valence-corrected chi connectivity index (χ0v) is 18.5. The normalized spacial score (nSPS) is 16.5. The topological polar surface area (TPSA) is 58.1 Å². The molecule has 2 rings (SSSR count). The molecule has 0 bridgehead atoms. The minimum Gasteiger partial charge on any atom is -0.497 e. The first-order chi connectivity index (χ1) is 12.2. The smallest absolute Gasteiger partial charge is 0.190 e. The number of hydrogen-bond donors (Lipinski definition) is 2. The third-order valence-corrected chi connectivity index (χ3v) is 4.38. The second-order valence-electron chi connectivity index (χ2n) is 6.50. The number of halogens is 1. The average Bonchev–Trinajstić information content (AvgIpc) is 2.66. The summed E-state index contributed by atoms with van der Waals surface area (Å²) in [6.07, 6.45) is 0.952. The van der Waals surface area contributed by atoms with Crippen LogP contribution in [-0.2, 0) is 11.2 Å². The number of ether oxygens (including phenoxy) is 2. The van der Waals surface area contributed by atoms with Gasteiger partial charge in [0.2, 0.25) is 0 Å². The number of benzene rings is 1. The number of rotatable bonds is 8. The Bertz CT molecular complexity index is 519. The van der Waals surface area contributed by atoms with Gasteiger partial charge in [0, 0.05) is 39.8 Å². The highest BCUT2D eigenvalue weighted by molar-refractivity contribution is 14.0. The second kappa shape index (κ2) is 13.2. The number of nitrogens with zero attached hydrogens (tertiary/aromatic N) is 2. The number of morpholine rings is 1. The van der Waals surface area contributed by atoms with Crippen molar-refractivity contribution in [3.63, 3.8) is 0 Å². The van der Waals surface area contributed by atoms with Crippen molar-refractivity contribution in [3.05, 3.63) is 29.8 Å². The molecule has 0 saturated carbocycles. The van der Waals surface area contributed by atoms with Crippen LogP contribution >= 0.6 is 24.0 Å². The van der Waals surface area contributed by atoms with Crippen LogP contribution in [0.3, 0.4) is 0 Å². The van der Waals surface area contributed by atoms with Crippen molar-refractivity contribution in [3.8, 4) is 5.75 Å². The highest BCUT2D eigenvalue weighted by Crippen LogP contribution is 2.11. The maximum absolute atomic E-state index is 5.40. The molecule has 1 fully saturated rings. The van der Waals surface area contributed by atoms with E-state index in [-0.39, 0.29) is 24.0 Å². The summed E-state index contributed by atoms with van der Waals surface area (Å²) in [6, 6.07) is 8.19. The van der Waals surface area contributed by atoms with Crippen LogP contribution < -0.4 is 15.4 Å². The summed E-state index contributed by atoms with van der Waals surface area (Å²) in [5, 5.41) is 6.80. The van der Waals surface area contributed by atoms with E-state index in [9.17, 15) is 0 Å². The lowest BCUT2D eigenvalue weighted by Gasteiger charge is -2.29. The van der Waals surface area contributed by atoms with Crippen molar-refractivity contribution in [1.29, 1.82) is 0 Å². The van der Waals surface area contributed by atoms with Gasteiger partial charge in [-0.15, -0.1) is 24.0 Å². The molecule has 0 aliphatic carbocycles. The Morgan fingerprint density at radius 1 is 1.23 bits per heavy atom. The van der Waals surface area contributed by atoms with Crippen molar-refractivity contribution >= 4 is 29.9 Å². The molecule has 148 valence electrons. The van der Waals surface area contributed by atoms with Gasteiger partial charge in [-0.3, -0.25) is 9.89 Å². The molecule has 1 aliphatic heterocycles. The zero-order chi connectivity index (χ0) is 17.9. The van der Waals surface area contributed by atoms with Crippen molar-refractivity contribution in [2.75, 3.05) is 60.1 Å². The molecule has 1 unspecified atom stereocenters. The van der Waals surface area contributed by atoms with E-state index < -0.39 is 0 Å². The molecule has 0 aromatic heterocycles. The van der Waals surface area contributed by atoms with Crippen LogP contribution in [0.5, 0.6) is 5.75 Å². The molecule has 0 radical (unpaired) electrons. The molecule has 2 N–H and O–H groups in total. The van der Waals surface area contributed by atoms with Gasteiger partial charge in [-0.1, -0.05) is 19.1 Å². The van der Waals surface area contributed by atoms with E-state index in [0.29, 0.717) is 5.92 Å². The molecule has 6 nitrogen and oxygen atoms in total. The first kappa shape index (κ1) is 23.0. The Hall–Kier alpha value is -1.06. The number of aliphatic imine (C=N–C) groups is 1. The molecule has 0 spiro atoms. The van der Waals surface area contributed by atoms with E-state index in [1.807, 2.05) is 19.2 Å². The van der Waals surface area contributed by atoms with Gasteiger partial charge >= 0.3 is 0 Å². The molecule has 1 atom stereocenters. The molecule has 1 heterocycles. The molecule has 1 aliphatic rings. The van der Waals surface area contributed by atoms with Crippen LogP contribution in [0.4, 0.5) is 0 Å². The minimum absolute atomic E-state index is 0. The summed E-state index contributed by atoms with van der Waals surface area (Å²) in [5.74, 6) is 2.32. The van der Waals surface area contributed by atoms with Gasteiger partial charge in [0.1, 0.15) is 5.75 Å². The van der Waals surface area contributed by atoms with E-state index in [4.69, 9.17) is 9.47 Å². The van der Waals surface area contributed by atoms with Crippen molar-refractivity contribution in [2.24, 2.45) is 10.9 Å². The molecular formula is C19H33IN4O2. The van der Waals surface area contributed by atoms with Gasteiger partial charge in [0.15, 0.2) is 5.96 Å². The summed E-state index contributed by atoms with van der Waals surface area (Å²) in [5.41, 5.74) is 1.28. The molecule has 0 amide bonds. The molecule has 1 aromatic rings. The molecule has 1 aromatic carbocycles. The molecule has 26 heavy (non-hydrogen) atoms. The number of guanidine groups is 1. The molecular weight excluding hydrogens is 443 g/mol. The van der Waals surface area contributed by atoms with Crippen LogP contribution in [0.25, 0.3) is 0 Å². The predicted molar refractivity (Wildman–Crippen MR) is 118 cm³/mol. The first-order valence-electron chi connectivity index (χ1n) is 9.09. The van der Waals surface area contributed by atoms with Crippen molar-refractivity contribution < 1.29 is 9.47 Å². The number of nitrogens with one attached hydrogen (secondary N) is 2. The van der Waals surface area contributed by atoms with Gasteiger partial charge in [-0.2, -0.15) is 0 Å². The van der Waals surface area contributed by atoms with Crippen LogP contribution in [0.2, 0.25) is 0 Å². The lowest BCUT2D eigenvalue weighted by atomic mass is 10.1. The van der Waals surface area contributed by atoms with Gasteiger partial charge in [0.25, 0.3) is 0 Å². The number of methoxy groups -OCH3 is 1. The summed E-state index contributed by atoms with van der Waals surface area (Å²) in [6.45, 7) is 8.93. The Morgan fingerprint density at radius 2 is 1.92 bits per heavy atom. The largest absolute Gasteiger partial charge is 0.497 e. The van der Waals surface area contributed by atoms with Gasteiger partial charge < -0.3 is 20.1 Å². The fourth-order valence-corrected chi connectivity index (χ4v) is 2.90. The second-order valence-corrected chi connectivity index (χ2v) is 6.50. The van der Waals surface area contributed by atoms with E-state index in [1.165, 1.54) is 5.56 Å². The highest BCUT2D eigenvalue weighted by Gasteiger charge is 2.13. The Labute approximate surface area is 174 Å². The van der Waals surface area contributed by atoms with Crippen molar-refractivity contribution in [2.45, 2.75) is 13.3 Å². The van der Waals surface area contributed by atoms with Crippen molar-refractivity contribution in [1.82, 2.24) is 15.5 Å². The quantitative estimate of drug-likeness (QED) is 0.342. The monoisotopic (exact) mass is 476 g/mol. The fraction of sp³-hybridized carbons (Fsp3) is 0.632. The minimum atomic E-state index is 0. The van der Waals surface area contributed by atoms with Crippen LogP contribution in [-0.4, -0.2) is 71.0 Å². The maximum atomic E-state index is 5.40. The maximum Gasteiger partial charge on any atom is 0.190 e. The summed E-state index contributed by atoms with van der Waals surface area (Å²) < 4.78 is 10.6. The first-order valence-corrected chi connectivity index (χ1v) is 9.09. The predicted octanol–water partition coefficient (Wildman–Crippen LogP) is 1.99. The lowest BCUT2D eigenvalue weighted by Crippen LogP contribution is -2.44. The zero-order valence-electron chi connectivity index (χ0n) is 16.2. The van der Waals surface area contributed by atoms with Gasteiger partial charge in [0.05, 0.1) is 20.3 Å². The summed E-state index contributed by atoms with van der Waals surface area (Å²) >= 11 is 0. The van der Waals surface area contributed by atoms with E-state index in [2.05, 4.69) is 39.6 Å². The molecule has 1 saturated heterocycles. The average molecular weight is 476 g/mol. The van der Waals surface area contributed by atoms with Gasteiger partial charge in [-0.25, -0.2) is 0 Å². The third kappa shape index (κ3) is 8.55. The van der Waals surface area contributed by atoms with E-state index >= 15 is 0 Å². The highest BCUT2D eigenvalue weighted by atomic mass is 127. The Balaban J connectivity index is 0.00000338. The Morgan fingerprint density at radius 3 is 2.54 bits per heavy atom. The van der Waals surface area contributed by atoms with E-state index in [0.717, 1.165) is 64.1 Å². The van der Waals surface area contributed by atoms with E-state index in [1.54, 1.807) is 7.11 Å². The van der Waals surface area contributed by atoms with Crippen LogP contribution in [0, 0.1) is 5.92 Å². The SMILES string of the molecule is CN=C(NCCc1ccc(OC)cc1)NCC(C)CN1CCOCC1.I. The summed E-state index contributed by atoms with van der Waals surface area (Å²) in [4.78, 5) is 6.77. The standard InChI is InChI=1S/C19H32N4O2.HI/c1-16(15-23-10-12-25-13-11-23)14-22-19(20-2)21-9-8-17-4-6-18(24-3)7-5-17;/h4-7,16H,8-15H2,1-3H3,(H2,20,21,22);1H. The lowest BCUT2D eigenvalue weighted by molar-refractivity contribution is 0.0320. The Kier molecular flexibility index (Phi) is 11.6. The van der Waals surface area contributed by atoms with Crippen LogP contribution in [0.1, 0.15) is 12.5 Å². The summed E-state index contributed by atoms with van der Waals surface area (Å²) in [7, 11) is 3.50. The number of hydrogen-bond acceptors (Lipinski definition) is 4.